The molecule has 0 aromatic carbocycles. The second-order valence-electron chi connectivity index (χ2n) is 7.02. The molecular formula is C14H19ClN4O3. The van der Waals surface area contributed by atoms with E-state index in [0.29, 0.717) is 0 Å². The van der Waals surface area contributed by atoms with E-state index in [-0.39, 0.29) is 16.4 Å². The summed E-state index contributed by atoms with van der Waals surface area (Å²) in [6.07, 6.45) is 0.582. The maximum atomic E-state index is 12.5. The summed E-state index contributed by atoms with van der Waals surface area (Å²) < 4.78 is 7.38. The zero-order valence-corrected chi connectivity index (χ0v) is 14.2. The first-order chi connectivity index (χ1) is 9.92. The summed E-state index contributed by atoms with van der Waals surface area (Å²) in [5.41, 5.74) is -1.38. The molecule has 0 spiro atoms. The summed E-state index contributed by atoms with van der Waals surface area (Å²) >= 11 is 6.04. The molecular weight excluding hydrogens is 308 g/mol. The first-order valence-corrected chi connectivity index (χ1v) is 7.20. The van der Waals surface area contributed by atoms with Gasteiger partial charge >= 0.3 is 6.09 Å². The number of carbonyl (C=O) groups is 1. The lowest BCUT2D eigenvalue weighted by molar-refractivity contribution is 0.0516. The zero-order chi connectivity index (χ0) is 16.9. The van der Waals surface area contributed by atoms with Gasteiger partial charge in [0.2, 0.25) is 0 Å². The molecule has 22 heavy (non-hydrogen) atoms. The topological polar surface area (TPSA) is 78.5 Å². The van der Waals surface area contributed by atoms with Gasteiger partial charge in [-0.05, 0) is 20.8 Å². The van der Waals surface area contributed by atoms with E-state index in [1.807, 2.05) is 20.8 Å². The van der Waals surface area contributed by atoms with Crippen LogP contribution in [0, 0.1) is 0 Å². The number of fused-ring (bicyclic) bond motifs is 1. The van der Waals surface area contributed by atoms with Crippen molar-refractivity contribution in [3.8, 4) is 0 Å². The predicted molar refractivity (Wildman–Crippen MR) is 82.6 cm³/mol. The number of ether oxygens (including phenoxy) is 1. The van der Waals surface area contributed by atoms with Gasteiger partial charge in [0.05, 0.1) is 6.20 Å². The van der Waals surface area contributed by atoms with E-state index in [1.54, 1.807) is 20.8 Å². The van der Waals surface area contributed by atoms with Gasteiger partial charge in [-0.3, -0.25) is 4.79 Å². The fraction of sp³-hybridized carbons (Fsp3) is 0.571. The average molecular weight is 327 g/mol. The fourth-order valence-corrected chi connectivity index (χ4v) is 2.06. The summed E-state index contributed by atoms with van der Waals surface area (Å²) in [5.74, 6) is 0. The van der Waals surface area contributed by atoms with Crippen LogP contribution in [0.1, 0.15) is 47.2 Å². The SMILES string of the molecule is CC(C)(C)OC(=O)n1nc(C(C)(C)C)c(=O)n2ncc(Cl)c12. The molecule has 0 saturated carbocycles. The van der Waals surface area contributed by atoms with Crippen LogP contribution in [0.25, 0.3) is 5.65 Å². The van der Waals surface area contributed by atoms with Crippen LogP contribution >= 0.6 is 11.6 Å². The second kappa shape index (κ2) is 5.08. The van der Waals surface area contributed by atoms with Crippen molar-refractivity contribution in [1.82, 2.24) is 19.4 Å². The van der Waals surface area contributed by atoms with Crippen molar-refractivity contribution in [2.24, 2.45) is 0 Å². The van der Waals surface area contributed by atoms with Crippen LogP contribution in [0.4, 0.5) is 4.79 Å². The summed E-state index contributed by atoms with van der Waals surface area (Å²) in [7, 11) is 0. The second-order valence-corrected chi connectivity index (χ2v) is 7.43. The third-order valence-corrected chi connectivity index (χ3v) is 3.04. The lowest BCUT2D eigenvalue weighted by atomic mass is 9.93. The molecule has 2 rings (SSSR count). The standard InChI is InChI=1S/C14H19ClN4O3/c1-13(2,3)9-11(20)18-10(8(15)7-16-18)19(17-9)12(21)22-14(4,5)6/h7H,1-6H3. The van der Waals surface area contributed by atoms with Crippen molar-refractivity contribution < 1.29 is 9.53 Å². The van der Waals surface area contributed by atoms with Crippen molar-refractivity contribution in [1.29, 1.82) is 0 Å². The van der Waals surface area contributed by atoms with Gasteiger partial charge in [0, 0.05) is 5.41 Å². The van der Waals surface area contributed by atoms with Crippen molar-refractivity contribution in [3.63, 3.8) is 0 Å². The Hall–Kier alpha value is -1.89. The molecule has 0 aliphatic carbocycles. The number of hydrogen-bond acceptors (Lipinski definition) is 5. The number of carbonyl (C=O) groups excluding carboxylic acids is 1. The zero-order valence-electron chi connectivity index (χ0n) is 13.5. The van der Waals surface area contributed by atoms with E-state index in [4.69, 9.17) is 16.3 Å². The molecule has 2 aromatic heterocycles. The summed E-state index contributed by atoms with van der Waals surface area (Å²) in [4.78, 5) is 24.9. The highest BCUT2D eigenvalue weighted by atomic mass is 35.5. The molecule has 0 aliphatic heterocycles. The van der Waals surface area contributed by atoms with E-state index in [0.717, 1.165) is 9.20 Å². The van der Waals surface area contributed by atoms with Crippen molar-refractivity contribution in [2.45, 2.75) is 52.6 Å². The predicted octanol–water partition coefficient (Wildman–Crippen LogP) is 2.63. The quantitative estimate of drug-likeness (QED) is 0.743. The van der Waals surface area contributed by atoms with E-state index in [2.05, 4.69) is 10.2 Å². The molecule has 2 aromatic rings. The lowest BCUT2D eigenvalue weighted by Gasteiger charge is -2.22. The van der Waals surface area contributed by atoms with Crippen molar-refractivity contribution >= 4 is 23.3 Å². The third-order valence-electron chi connectivity index (χ3n) is 2.77. The highest BCUT2D eigenvalue weighted by Gasteiger charge is 2.28. The van der Waals surface area contributed by atoms with Gasteiger partial charge in [-0.15, -0.1) is 4.68 Å². The molecule has 0 unspecified atom stereocenters. The number of halogens is 1. The Morgan fingerprint density at radius 1 is 1.23 bits per heavy atom. The van der Waals surface area contributed by atoms with Gasteiger partial charge < -0.3 is 4.74 Å². The van der Waals surface area contributed by atoms with Gasteiger partial charge in [0.1, 0.15) is 16.3 Å². The van der Waals surface area contributed by atoms with Crippen LogP contribution in [0.3, 0.4) is 0 Å². The van der Waals surface area contributed by atoms with Gasteiger partial charge in [0.25, 0.3) is 5.56 Å². The third kappa shape index (κ3) is 2.99. The first-order valence-electron chi connectivity index (χ1n) is 6.82. The number of aromatic nitrogens is 4. The maximum absolute atomic E-state index is 12.5. The Morgan fingerprint density at radius 3 is 2.32 bits per heavy atom. The smallest absolute Gasteiger partial charge is 0.437 e. The molecule has 8 heteroatoms. The molecule has 0 amide bonds. The Bertz CT molecular complexity index is 793. The lowest BCUT2D eigenvalue weighted by Crippen LogP contribution is -2.36. The normalized spacial score (nSPS) is 12.7. The Morgan fingerprint density at radius 2 is 1.82 bits per heavy atom. The van der Waals surface area contributed by atoms with Crippen LogP contribution in [0.2, 0.25) is 5.02 Å². The Balaban J connectivity index is 2.77. The molecule has 120 valence electrons. The minimum atomic E-state index is -0.717. The average Bonchev–Trinajstić information content (AvgIpc) is 2.69. The highest BCUT2D eigenvalue weighted by Crippen LogP contribution is 2.20. The largest absolute Gasteiger partial charge is 0.442 e. The van der Waals surface area contributed by atoms with Gasteiger partial charge in [-0.1, -0.05) is 32.4 Å². The van der Waals surface area contributed by atoms with Crippen LogP contribution in [0.5, 0.6) is 0 Å². The van der Waals surface area contributed by atoms with E-state index in [9.17, 15) is 9.59 Å². The summed E-state index contributed by atoms with van der Waals surface area (Å²) in [5, 5.41) is 8.26. The van der Waals surface area contributed by atoms with Gasteiger partial charge in [0.15, 0.2) is 5.65 Å². The van der Waals surface area contributed by atoms with E-state index < -0.39 is 22.7 Å². The maximum Gasteiger partial charge on any atom is 0.437 e. The molecule has 0 bridgehead atoms. The minimum Gasteiger partial charge on any atom is -0.442 e. The Labute approximate surface area is 132 Å². The van der Waals surface area contributed by atoms with E-state index in [1.165, 1.54) is 6.20 Å². The minimum absolute atomic E-state index is 0.0916. The highest BCUT2D eigenvalue weighted by molar-refractivity contribution is 6.33. The van der Waals surface area contributed by atoms with Crippen LogP contribution in [-0.2, 0) is 10.2 Å². The summed E-state index contributed by atoms with van der Waals surface area (Å²) in [6, 6.07) is 0. The van der Waals surface area contributed by atoms with Crippen LogP contribution in [-0.4, -0.2) is 31.1 Å². The fourth-order valence-electron chi connectivity index (χ4n) is 1.86. The molecule has 0 atom stereocenters. The van der Waals surface area contributed by atoms with Crippen molar-refractivity contribution in [3.05, 3.63) is 27.3 Å². The first kappa shape index (κ1) is 16.5. The van der Waals surface area contributed by atoms with E-state index >= 15 is 0 Å². The Kier molecular flexibility index (Phi) is 3.81. The molecule has 0 fully saturated rings. The molecule has 0 saturated heterocycles. The number of hydrogen-bond donors (Lipinski definition) is 0. The number of rotatable bonds is 0. The van der Waals surface area contributed by atoms with Crippen LogP contribution in [0.15, 0.2) is 11.0 Å². The molecule has 7 nitrogen and oxygen atoms in total. The van der Waals surface area contributed by atoms with Crippen molar-refractivity contribution in [2.75, 3.05) is 0 Å². The molecule has 0 N–H and O–H groups in total. The summed E-state index contributed by atoms with van der Waals surface area (Å²) in [6.45, 7) is 10.7. The molecule has 2 heterocycles. The molecule has 0 aliphatic rings. The monoisotopic (exact) mass is 326 g/mol. The van der Waals surface area contributed by atoms with Gasteiger partial charge in [-0.2, -0.15) is 14.7 Å². The molecule has 0 radical (unpaired) electrons. The van der Waals surface area contributed by atoms with Gasteiger partial charge in [-0.25, -0.2) is 4.79 Å². The van der Waals surface area contributed by atoms with Crippen LogP contribution < -0.4 is 5.56 Å². The number of nitrogens with zero attached hydrogens (tertiary/aromatic N) is 4.